The molecule has 1 aromatic carbocycles. The van der Waals surface area contributed by atoms with Crippen molar-refractivity contribution in [3.8, 4) is 23.0 Å². The molecule has 8 nitrogen and oxygen atoms in total. The van der Waals surface area contributed by atoms with Crippen molar-refractivity contribution >= 4 is 0 Å². The number of aryl methyl sites for hydroxylation is 1. The predicted octanol–water partition coefficient (Wildman–Crippen LogP) is 0.863. The predicted molar refractivity (Wildman–Crippen MR) is 80.4 cm³/mol. The van der Waals surface area contributed by atoms with Crippen LogP contribution >= 0.6 is 0 Å². The molecule has 0 aliphatic carbocycles. The van der Waals surface area contributed by atoms with Crippen LogP contribution in [0.3, 0.4) is 0 Å². The van der Waals surface area contributed by atoms with Crippen LogP contribution in [0.2, 0.25) is 0 Å². The molecule has 0 heterocycles. The van der Waals surface area contributed by atoms with Gasteiger partial charge in [-0.25, -0.2) is 0 Å². The number of rotatable bonds is 8. The van der Waals surface area contributed by atoms with E-state index in [0.717, 1.165) is 0 Å². The van der Waals surface area contributed by atoms with Gasteiger partial charge in [0.1, 0.15) is 0 Å². The van der Waals surface area contributed by atoms with Gasteiger partial charge in [0.25, 0.3) is 0 Å². The minimum absolute atomic E-state index is 0.0579. The van der Waals surface area contributed by atoms with E-state index in [1.54, 1.807) is 6.92 Å². The van der Waals surface area contributed by atoms with Crippen LogP contribution in [-0.2, 0) is 0 Å². The van der Waals surface area contributed by atoms with E-state index >= 15 is 0 Å². The van der Waals surface area contributed by atoms with E-state index in [1.807, 2.05) is 0 Å². The van der Waals surface area contributed by atoms with Crippen molar-refractivity contribution < 1.29 is 39.4 Å². The molecular weight excluding hydrogens is 308 g/mol. The lowest BCUT2D eigenvalue weighted by Crippen LogP contribution is -2.19. The van der Waals surface area contributed by atoms with Crippen molar-refractivity contribution in [3.05, 3.63) is 11.6 Å². The molecule has 1 aromatic rings. The van der Waals surface area contributed by atoms with Crippen LogP contribution in [0.15, 0.2) is 6.07 Å². The van der Waals surface area contributed by atoms with Gasteiger partial charge in [-0.3, -0.25) is 0 Å². The third-order valence-electron chi connectivity index (χ3n) is 2.50. The Kier molecular flexibility index (Phi) is 6.89. The van der Waals surface area contributed by atoms with Crippen LogP contribution in [0.4, 0.5) is 0 Å². The number of benzene rings is 1. The van der Waals surface area contributed by atoms with Crippen LogP contribution in [0.5, 0.6) is 23.0 Å². The molecule has 0 fully saturated rings. The Morgan fingerprint density at radius 3 is 1.48 bits per heavy atom. The number of aliphatic hydroxyl groups is 4. The zero-order valence-electron chi connectivity index (χ0n) is 13.8. The summed E-state index contributed by atoms with van der Waals surface area (Å²) in [5, 5.41) is 38.0. The standard InChI is InChI=1S/C15H24O8/c1-7-6-12(20-8(2)16)14(22-10(4)18)15(23-11(5)19)13(7)21-9(3)17/h6,8-11,16-19H,1-5H3. The highest BCUT2D eigenvalue weighted by Crippen LogP contribution is 2.48. The molecule has 0 bridgehead atoms. The molecule has 4 N–H and O–H groups in total. The summed E-state index contributed by atoms with van der Waals surface area (Å²) in [4.78, 5) is 0. The van der Waals surface area contributed by atoms with Gasteiger partial charge in [-0.15, -0.1) is 0 Å². The van der Waals surface area contributed by atoms with Crippen LogP contribution in [-0.4, -0.2) is 45.6 Å². The number of aliphatic hydroxyl groups excluding tert-OH is 4. The van der Waals surface area contributed by atoms with Gasteiger partial charge in [0, 0.05) is 0 Å². The second-order valence-electron chi connectivity index (χ2n) is 5.05. The van der Waals surface area contributed by atoms with Gasteiger partial charge in [-0.05, 0) is 46.2 Å². The average molecular weight is 332 g/mol. The molecule has 0 spiro atoms. The summed E-state index contributed by atoms with van der Waals surface area (Å²) in [5.41, 5.74) is 0.509. The molecular formula is C15H24O8. The lowest BCUT2D eigenvalue weighted by atomic mass is 10.1. The minimum Gasteiger partial charge on any atom is -0.461 e. The third kappa shape index (κ3) is 5.76. The lowest BCUT2D eigenvalue weighted by molar-refractivity contribution is -0.0391. The first-order valence-electron chi connectivity index (χ1n) is 7.18. The summed E-state index contributed by atoms with van der Waals surface area (Å²) in [5.74, 6) is 0.0852. The van der Waals surface area contributed by atoms with Gasteiger partial charge < -0.3 is 39.4 Å². The lowest BCUT2D eigenvalue weighted by Gasteiger charge is -2.24. The van der Waals surface area contributed by atoms with Crippen molar-refractivity contribution in [1.29, 1.82) is 0 Å². The molecule has 0 aliphatic heterocycles. The van der Waals surface area contributed by atoms with Gasteiger partial charge in [0.2, 0.25) is 11.5 Å². The van der Waals surface area contributed by atoms with E-state index in [9.17, 15) is 20.4 Å². The second-order valence-corrected chi connectivity index (χ2v) is 5.05. The van der Waals surface area contributed by atoms with E-state index in [-0.39, 0.29) is 23.0 Å². The summed E-state index contributed by atoms with van der Waals surface area (Å²) in [6, 6.07) is 1.50. The Bertz CT molecular complexity index is 511. The highest BCUT2D eigenvalue weighted by molar-refractivity contribution is 5.62. The van der Waals surface area contributed by atoms with Gasteiger partial charge in [0.15, 0.2) is 36.7 Å². The van der Waals surface area contributed by atoms with Crippen molar-refractivity contribution in [2.24, 2.45) is 0 Å². The molecule has 0 saturated heterocycles. The zero-order valence-corrected chi connectivity index (χ0v) is 13.8. The zero-order chi connectivity index (χ0) is 17.7. The van der Waals surface area contributed by atoms with Gasteiger partial charge in [-0.1, -0.05) is 0 Å². The second kappa shape index (κ2) is 8.21. The van der Waals surface area contributed by atoms with Crippen LogP contribution in [0.1, 0.15) is 33.3 Å². The maximum Gasteiger partial charge on any atom is 0.210 e. The third-order valence-corrected chi connectivity index (χ3v) is 2.50. The first-order valence-corrected chi connectivity index (χ1v) is 7.18. The summed E-state index contributed by atoms with van der Waals surface area (Å²) in [7, 11) is 0. The Morgan fingerprint density at radius 2 is 1.04 bits per heavy atom. The van der Waals surface area contributed by atoms with E-state index in [0.29, 0.717) is 5.56 Å². The van der Waals surface area contributed by atoms with Crippen molar-refractivity contribution in [2.45, 2.75) is 59.8 Å². The summed E-state index contributed by atoms with van der Waals surface area (Å²) in [6.45, 7) is 7.20. The van der Waals surface area contributed by atoms with Gasteiger partial charge in [-0.2, -0.15) is 0 Å². The summed E-state index contributed by atoms with van der Waals surface area (Å²) >= 11 is 0. The van der Waals surface area contributed by atoms with E-state index in [1.165, 1.54) is 33.8 Å². The van der Waals surface area contributed by atoms with E-state index < -0.39 is 25.2 Å². The number of hydrogen-bond donors (Lipinski definition) is 4. The normalized spacial score (nSPS) is 16.2. The molecule has 0 aliphatic rings. The van der Waals surface area contributed by atoms with Crippen molar-refractivity contribution in [2.75, 3.05) is 0 Å². The van der Waals surface area contributed by atoms with Crippen molar-refractivity contribution in [1.82, 2.24) is 0 Å². The Morgan fingerprint density at radius 1 is 0.652 bits per heavy atom. The molecule has 0 saturated carbocycles. The molecule has 0 radical (unpaired) electrons. The van der Waals surface area contributed by atoms with Crippen LogP contribution in [0, 0.1) is 6.92 Å². The van der Waals surface area contributed by atoms with E-state index in [2.05, 4.69) is 0 Å². The maximum absolute atomic E-state index is 9.54. The minimum atomic E-state index is -1.22. The SMILES string of the molecule is Cc1cc(OC(C)O)c(OC(C)O)c(OC(C)O)c1OC(C)O. The molecule has 23 heavy (non-hydrogen) atoms. The average Bonchev–Trinajstić information content (AvgIpc) is 2.36. The Balaban J connectivity index is 3.52. The smallest absolute Gasteiger partial charge is 0.210 e. The van der Waals surface area contributed by atoms with E-state index in [4.69, 9.17) is 18.9 Å². The fourth-order valence-electron chi connectivity index (χ4n) is 1.87. The maximum atomic E-state index is 9.54. The summed E-state index contributed by atoms with van der Waals surface area (Å²) < 4.78 is 21.1. The largest absolute Gasteiger partial charge is 0.461 e. The monoisotopic (exact) mass is 332 g/mol. The molecule has 4 unspecified atom stereocenters. The number of ether oxygens (including phenoxy) is 4. The van der Waals surface area contributed by atoms with Crippen LogP contribution in [0.25, 0.3) is 0 Å². The van der Waals surface area contributed by atoms with Crippen LogP contribution < -0.4 is 18.9 Å². The molecule has 0 aromatic heterocycles. The Labute approximate surface area is 134 Å². The van der Waals surface area contributed by atoms with Gasteiger partial charge >= 0.3 is 0 Å². The molecule has 0 amide bonds. The highest BCUT2D eigenvalue weighted by Gasteiger charge is 2.25. The number of hydrogen-bond acceptors (Lipinski definition) is 8. The molecule has 4 atom stereocenters. The first-order chi connectivity index (χ1) is 10.6. The molecule has 132 valence electrons. The first kappa shape index (κ1) is 19.3. The fourth-order valence-corrected chi connectivity index (χ4v) is 1.87. The fraction of sp³-hybridized carbons (Fsp3) is 0.600. The van der Waals surface area contributed by atoms with Gasteiger partial charge in [0.05, 0.1) is 0 Å². The topological polar surface area (TPSA) is 118 Å². The molecule has 8 heteroatoms. The molecule has 1 rings (SSSR count). The summed E-state index contributed by atoms with van der Waals surface area (Å²) in [6.07, 6.45) is -4.73. The Hall–Kier alpha value is -1.74. The van der Waals surface area contributed by atoms with Crippen molar-refractivity contribution in [3.63, 3.8) is 0 Å². The highest BCUT2D eigenvalue weighted by atomic mass is 16.7. The quantitative estimate of drug-likeness (QED) is 0.518.